The largest absolute Gasteiger partial charge is 0.256 e. The van der Waals surface area contributed by atoms with Crippen LogP contribution in [0.3, 0.4) is 0 Å². The first-order valence-corrected chi connectivity index (χ1v) is 15.1. The molecule has 7 rings (SSSR count). The zero-order valence-electron chi connectivity index (χ0n) is 25.8. The Morgan fingerprint density at radius 1 is 0.488 bits per heavy atom. The van der Waals surface area contributed by atoms with E-state index in [1.807, 2.05) is 36.7 Å². The molecular weight excluding hydrogens is 522 g/mol. The van der Waals surface area contributed by atoms with Crippen LogP contribution in [0.1, 0.15) is 52.7 Å². The van der Waals surface area contributed by atoms with Gasteiger partial charge in [-0.15, -0.1) is 0 Å². The van der Waals surface area contributed by atoms with Gasteiger partial charge in [0.25, 0.3) is 0 Å². The van der Waals surface area contributed by atoms with Crippen LogP contribution in [-0.4, -0.2) is 15.0 Å². The molecule has 0 saturated carbocycles. The number of hydrogen-bond donors (Lipinski definition) is 0. The molecule has 1 aliphatic rings. The van der Waals surface area contributed by atoms with Gasteiger partial charge in [-0.1, -0.05) is 108 Å². The van der Waals surface area contributed by atoms with Crippen LogP contribution >= 0.6 is 0 Å². The zero-order valence-corrected chi connectivity index (χ0v) is 25.8. The van der Waals surface area contributed by atoms with Crippen molar-refractivity contribution in [3.05, 3.63) is 127 Å². The predicted molar refractivity (Wildman–Crippen MR) is 179 cm³/mol. The molecule has 0 unspecified atom stereocenters. The topological polar surface area (TPSA) is 38.7 Å². The number of nitrogens with zero attached hydrogens (tertiary/aromatic N) is 3. The van der Waals surface area contributed by atoms with E-state index in [4.69, 9.17) is 9.97 Å². The first-order valence-electron chi connectivity index (χ1n) is 15.1. The van der Waals surface area contributed by atoms with Gasteiger partial charge in [0.15, 0.2) is 5.82 Å². The molecule has 0 radical (unpaired) electrons. The summed E-state index contributed by atoms with van der Waals surface area (Å²) in [5, 5.41) is 1.04. The smallest absolute Gasteiger partial charge is 0.159 e. The fourth-order valence-corrected chi connectivity index (χ4v) is 6.82. The second kappa shape index (κ2) is 9.70. The van der Waals surface area contributed by atoms with Gasteiger partial charge < -0.3 is 0 Å². The Morgan fingerprint density at radius 2 is 1.12 bits per heavy atom. The number of benzene rings is 4. The molecule has 6 aromatic rings. The number of pyridine rings is 1. The van der Waals surface area contributed by atoms with E-state index in [2.05, 4.69) is 125 Å². The highest BCUT2D eigenvalue weighted by molar-refractivity contribution is 5.81. The van der Waals surface area contributed by atoms with Gasteiger partial charge in [-0.05, 0) is 86.0 Å². The Balaban J connectivity index is 1.23. The van der Waals surface area contributed by atoms with Gasteiger partial charge in [0.1, 0.15) is 0 Å². The molecular formula is C40H37N3. The summed E-state index contributed by atoms with van der Waals surface area (Å²) in [6.45, 7) is 14.4. The Hall–Kier alpha value is -4.63. The van der Waals surface area contributed by atoms with Gasteiger partial charge in [-0.3, -0.25) is 4.98 Å². The predicted octanol–water partition coefficient (Wildman–Crippen LogP) is 10.3. The number of para-hydroxylation sites is 1. The SMILES string of the molecule is CC1(C)c2ccc(-c3cc(-c4cccc(-c5cccc(-c6ncc7ccccc7n6)c5)c4)ccn3)cc2C(C)(C)C1(C)C. The van der Waals surface area contributed by atoms with Gasteiger partial charge in [-0.25, -0.2) is 9.97 Å². The lowest BCUT2D eigenvalue weighted by Gasteiger charge is -2.44. The van der Waals surface area contributed by atoms with Crippen molar-refractivity contribution in [2.24, 2.45) is 5.41 Å². The Labute approximate surface area is 254 Å². The monoisotopic (exact) mass is 559 g/mol. The standard InChI is InChI=1S/C40H37N3/c1-38(2)33-18-17-30(23-34(33)39(3,4)40(38,5)6)36-24-29(19-20-41-36)27-13-9-12-26(21-27)28-14-10-15-31(22-28)37-42-25-32-11-7-8-16-35(32)43-37/h7-25H,1-6H3. The van der Waals surface area contributed by atoms with Gasteiger partial charge in [0.05, 0.1) is 11.2 Å². The highest BCUT2D eigenvalue weighted by Crippen LogP contribution is 2.61. The van der Waals surface area contributed by atoms with Gasteiger partial charge in [0, 0.05) is 28.9 Å². The molecule has 2 aromatic heterocycles. The van der Waals surface area contributed by atoms with Crippen LogP contribution in [0.4, 0.5) is 0 Å². The molecule has 3 nitrogen and oxygen atoms in total. The van der Waals surface area contributed by atoms with Crippen LogP contribution in [0.25, 0.3) is 55.8 Å². The van der Waals surface area contributed by atoms with Crippen molar-refractivity contribution in [1.82, 2.24) is 15.0 Å². The van der Waals surface area contributed by atoms with E-state index in [0.717, 1.165) is 50.2 Å². The second-order valence-corrected chi connectivity index (χ2v) is 13.5. The van der Waals surface area contributed by atoms with E-state index >= 15 is 0 Å². The molecule has 0 saturated heterocycles. The highest BCUT2D eigenvalue weighted by Gasteiger charge is 2.56. The number of aromatic nitrogens is 3. The number of rotatable bonds is 4. The molecule has 1 aliphatic carbocycles. The summed E-state index contributed by atoms with van der Waals surface area (Å²) in [5.41, 5.74) is 11.9. The number of hydrogen-bond acceptors (Lipinski definition) is 3. The molecule has 0 bridgehead atoms. The summed E-state index contributed by atoms with van der Waals surface area (Å²) in [6, 6.07) is 36.6. The third kappa shape index (κ3) is 4.29. The maximum atomic E-state index is 4.81. The highest BCUT2D eigenvalue weighted by atomic mass is 14.9. The molecule has 2 heterocycles. The van der Waals surface area contributed by atoms with Gasteiger partial charge >= 0.3 is 0 Å². The lowest BCUT2D eigenvalue weighted by molar-refractivity contribution is 0.125. The van der Waals surface area contributed by atoms with Crippen molar-refractivity contribution in [3.8, 4) is 44.9 Å². The van der Waals surface area contributed by atoms with Crippen LogP contribution in [0.15, 0.2) is 116 Å². The van der Waals surface area contributed by atoms with E-state index in [1.165, 1.54) is 16.7 Å². The second-order valence-electron chi connectivity index (χ2n) is 13.5. The van der Waals surface area contributed by atoms with Gasteiger partial charge in [-0.2, -0.15) is 0 Å². The summed E-state index contributed by atoms with van der Waals surface area (Å²) in [4.78, 5) is 14.3. The molecule has 0 fully saturated rings. The lowest BCUT2D eigenvalue weighted by Crippen LogP contribution is -2.42. The minimum atomic E-state index is 0.0558. The average Bonchev–Trinajstić information content (AvgIpc) is 3.14. The van der Waals surface area contributed by atoms with Crippen LogP contribution in [-0.2, 0) is 10.8 Å². The van der Waals surface area contributed by atoms with E-state index in [1.54, 1.807) is 0 Å². The lowest BCUT2D eigenvalue weighted by atomic mass is 9.59. The molecule has 0 amide bonds. The Kier molecular flexibility index (Phi) is 6.14. The maximum Gasteiger partial charge on any atom is 0.159 e. The van der Waals surface area contributed by atoms with E-state index in [-0.39, 0.29) is 16.2 Å². The third-order valence-corrected chi connectivity index (χ3v) is 10.7. The Bertz CT molecular complexity index is 2010. The quantitative estimate of drug-likeness (QED) is 0.216. The molecule has 0 atom stereocenters. The van der Waals surface area contributed by atoms with Crippen LogP contribution < -0.4 is 0 Å². The fraction of sp³-hybridized carbons (Fsp3) is 0.225. The van der Waals surface area contributed by atoms with Crippen molar-refractivity contribution in [3.63, 3.8) is 0 Å². The molecule has 0 N–H and O–H groups in total. The van der Waals surface area contributed by atoms with Crippen molar-refractivity contribution in [2.75, 3.05) is 0 Å². The molecule has 0 aliphatic heterocycles. The summed E-state index contributed by atoms with van der Waals surface area (Å²) in [7, 11) is 0. The molecule has 43 heavy (non-hydrogen) atoms. The molecule has 212 valence electrons. The average molecular weight is 560 g/mol. The summed E-state index contributed by atoms with van der Waals surface area (Å²) in [6.07, 6.45) is 3.83. The van der Waals surface area contributed by atoms with Crippen LogP contribution in [0.2, 0.25) is 0 Å². The zero-order chi connectivity index (χ0) is 30.0. The van der Waals surface area contributed by atoms with E-state index < -0.39 is 0 Å². The first-order chi connectivity index (χ1) is 20.6. The van der Waals surface area contributed by atoms with Crippen molar-refractivity contribution in [2.45, 2.75) is 52.4 Å². The van der Waals surface area contributed by atoms with Crippen molar-refractivity contribution < 1.29 is 0 Å². The van der Waals surface area contributed by atoms with E-state index in [9.17, 15) is 0 Å². The number of fused-ring (bicyclic) bond motifs is 2. The van der Waals surface area contributed by atoms with Gasteiger partial charge in [0.2, 0.25) is 0 Å². The summed E-state index contributed by atoms with van der Waals surface area (Å²) in [5.74, 6) is 0.736. The van der Waals surface area contributed by atoms with Crippen LogP contribution in [0, 0.1) is 5.41 Å². The summed E-state index contributed by atoms with van der Waals surface area (Å²) >= 11 is 0. The Morgan fingerprint density at radius 3 is 1.86 bits per heavy atom. The van der Waals surface area contributed by atoms with Crippen molar-refractivity contribution >= 4 is 10.9 Å². The van der Waals surface area contributed by atoms with Crippen LogP contribution in [0.5, 0.6) is 0 Å². The maximum absolute atomic E-state index is 4.81. The van der Waals surface area contributed by atoms with Crippen molar-refractivity contribution in [1.29, 1.82) is 0 Å². The molecule has 4 aromatic carbocycles. The first kappa shape index (κ1) is 27.2. The molecule has 3 heteroatoms. The summed E-state index contributed by atoms with van der Waals surface area (Å²) < 4.78 is 0. The minimum Gasteiger partial charge on any atom is -0.256 e. The fourth-order valence-electron chi connectivity index (χ4n) is 6.82. The molecule has 0 spiro atoms. The van der Waals surface area contributed by atoms with E-state index in [0.29, 0.717) is 0 Å². The minimum absolute atomic E-state index is 0.0558. The normalized spacial score (nSPS) is 16.2. The third-order valence-electron chi connectivity index (χ3n) is 10.7.